The highest BCUT2D eigenvalue weighted by atomic mass is 32.1. The van der Waals surface area contributed by atoms with Crippen LogP contribution in [0, 0.1) is 17.0 Å². The third-order valence-corrected chi connectivity index (χ3v) is 4.73. The second-order valence-corrected chi connectivity index (χ2v) is 7.36. The fourth-order valence-electron chi connectivity index (χ4n) is 2.82. The minimum absolute atomic E-state index is 0.0184. The number of aryl methyl sites for hydroxylation is 1. The average Bonchev–Trinajstić information content (AvgIpc) is 2.72. The number of unbranched alkanes of at least 4 members (excludes halogenated alkanes) is 4. The monoisotopic (exact) mass is 429 g/mol. The Balaban J connectivity index is 1.83. The van der Waals surface area contributed by atoms with E-state index in [2.05, 4.69) is 17.6 Å². The summed E-state index contributed by atoms with van der Waals surface area (Å²) < 4.78 is 5.70. The van der Waals surface area contributed by atoms with E-state index in [1.54, 1.807) is 43.3 Å². The molecular weight excluding hydrogens is 402 g/mol. The molecule has 2 aromatic rings. The van der Waals surface area contributed by atoms with Crippen LogP contribution in [-0.2, 0) is 0 Å². The third-order valence-electron chi connectivity index (χ3n) is 4.52. The summed E-state index contributed by atoms with van der Waals surface area (Å²) >= 11 is 5.14. The average molecular weight is 430 g/mol. The van der Waals surface area contributed by atoms with Gasteiger partial charge in [0.05, 0.1) is 11.5 Å². The number of nitro benzene ring substituents is 1. The SMILES string of the molecule is CCCCCCCOc1ccc(C(=O)NC(=S)Nc2ccc(C)c([N+](=O)[O-])c2)cc1. The molecular formula is C22H27N3O4S. The molecule has 7 nitrogen and oxygen atoms in total. The molecule has 0 radical (unpaired) electrons. The van der Waals surface area contributed by atoms with Gasteiger partial charge in [0, 0.05) is 22.9 Å². The number of nitro groups is 1. The standard InChI is InChI=1S/C22H27N3O4S/c1-3-4-5-6-7-14-29-19-12-9-17(10-13-19)21(26)24-22(30)23-18-11-8-16(2)20(15-18)25(27)28/h8-13,15H,3-7,14H2,1-2H3,(H2,23,24,26,30). The van der Waals surface area contributed by atoms with Crippen LogP contribution < -0.4 is 15.4 Å². The van der Waals surface area contributed by atoms with Crippen molar-refractivity contribution in [1.29, 1.82) is 0 Å². The van der Waals surface area contributed by atoms with E-state index in [0.717, 1.165) is 18.6 Å². The van der Waals surface area contributed by atoms with E-state index in [1.165, 1.54) is 25.3 Å². The topological polar surface area (TPSA) is 93.5 Å². The van der Waals surface area contributed by atoms with Crippen LogP contribution in [0.1, 0.15) is 54.9 Å². The number of nitrogens with zero attached hydrogens (tertiary/aromatic N) is 1. The van der Waals surface area contributed by atoms with Gasteiger partial charge in [0.15, 0.2) is 5.11 Å². The van der Waals surface area contributed by atoms with E-state index in [9.17, 15) is 14.9 Å². The Kier molecular flexibility index (Phi) is 9.21. The first-order chi connectivity index (χ1) is 14.4. The molecule has 2 rings (SSSR count). The number of amides is 1. The van der Waals surface area contributed by atoms with Gasteiger partial charge in [0.1, 0.15) is 5.75 Å². The summed E-state index contributed by atoms with van der Waals surface area (Å²) in [6.45, 7) is 4.50. The van der Waals surface area contributed by atoms with E-state index < -0.39 is 4.92 Å². The van der Waals surface area contributed by atoms with Crippen LogP contribution >= 0.6 is 12.2 Å². The lowest BCUT2D eigenvalue weighted by Gasteiger charge is -2.11. The summed E-state index contributed by atoms with van der Waals surface area (Å²) in [5, 5.41) is 16.5. The fraction of sp³-hybridized carbons (Fsp3) is 0.364. The molecule has 0 spiro atoms. The molecule has 0 aliphatic heterocycles. The van der Waals surface area contributed by atoms with Crippen molar-refractivity contribution in [3.8, 4) is 5.75 Å². The van der Waals surface area contributed by atoms with Gasteiger partial charge in [-0.2, -0.15) is 0 Å². The smallest absolute Gasteiger partial charge is 0.274 e. The van der Waals surface area contributed by atoms with Crippen molar-refractivity contribution >= 4 is 34.6 Å². The lowest BCUT2D eigenvalue weighted by Crippen LogP contribution is -2.34. The third kappa shape index (κ3) is 7.44. The number of rotatable bonds is 10. The predicted octanol–water partition coefficient (Wildman–Crippen LogP) is 5.38. The Morgan fingerprint density at radius 1 is 1.10 bits per heavy atom. The van der Waals surface area contributed by atoms with E-state index in [0.29, 0.717) is 23.4 Å². The molecule has 0 aliphatic carbocycles. The number of benzene rings is 2. The normalized spacial score (nSPS) is 10.3. The summed E-state index contributed by atoms with van der Waals surface area (Å²) in [6, 6.07) is 11.5. The quantitative estimate of drug-likeness (QED) is 0.228. The second-order valence-electron chi connectivity index (χ2n) is 6.95. The van der Waals surface area contributed by atoms with Crippen LogP contribution in [0.3, 0.4) is 0 Å². The van der Waals surface area contributed by atoms with Gasteiger partial charge in [-0.15, -0.1) is 0 Å². The van der Waals surface area contributed by atoms with Crippen molar-refractivity contribution in [1.82, 2.24) is 5.32 Å². The number of carbonyl (C=O) groups is 1. The van der Waals surface area contributed by atoms with Crippen LogP contribution in [0.4, 0.5) is 11.4 Å². The number of anilines is 1. The molecule has 0 atom stereocenters. The maximum Gasteiger partial charge on any atom is 0.274 e. The molecule has 160 valence electrons. The molecule has 0 heterocycles. The fourth-order valence-corrected chi connectivity index (χ4v) is 3.03. The molecule has 1 amide bonds. The molecule has 0 aromatic heterocycles. The van der Waals surface area contributed by atoms with Crippen LogP contribution in [0.25, 0.3) is 0 Å². The minimum atomic E-state index is -0.461. The van der Waals surface area contributed by atoms with Crippen molar-refractivity contribution in [3.63, 3.8) is 0 Å². The lowest BCUT2D eigenvalue weighted by molar-refractivity contribution is -0.385. The summed E-state index contributed by atoms with van der Waals surface area (Å²) in [6.07, 6.45) is 5.86. The highest BCUT2D eigenvalue weighted by Crippen LogP contribution is 2.22. The molecule has 30 heavy (non-hydrogen) atoms. The first-order valence-electron chi connectivity index (χ1n) is 10.0. The molecule has 0 fully saturated rings. The molecule has 0 saturated heterocycles. The minimum Gasteiger partial charge on any atom is -0.494 e. The largest absolute Gasteiger partial charge is 0.494 e. The number of nitrogens with one attached hydrogen (secondary N) is 2. The van der Waals surface area contributed by atoms with Crippen molar-refractivity contribution < 1.29 is 14.5 Å². The van der Waals surface area contributed by atoms with Crippen molar-refractivity contribution in [2.45, 2.75) is 46.0 Å². The zero-order valence-electron chi connectivity index (χ0n) is 17.3. The van der Waals surface area contributed by atoms with Gasteiger partial charge < -0.3 is 10.1 Å². The Hall–Kier alpha value is -3.00. The lowest BCUT2D eigenvalue weighted by atomic mass is 10.2. The summed E-state index contributed by atoms with van der Waals surface area (Å²) in [7, 11) is 0. The van der Waals surface area contributed by atoms with Crippen LogP contribution in [0.5, 0.6) is 5.75 Å². The zero-order valence-corrected chi connectivity index (χ0v) is 18.1. The first kappa shape index (κ1) is 23.3. The Bertz CT molecular complexity index is 884. The molecule has 2 N–H and O–H groups in total. The van der Waals surface area contributed by atoms with Gasteiger partial charge in [-0.05, 0) is 55.9 Å². The van der Waals surface area contributed by atoms with Crippen molar-refractivity contribution in [2.75, 3.05) is 11.9 Å². The van der Waals surface area contributed by atoms with Gasteiger partial charge in [-0.1, -0.05) is 38.7 Å². The van der Waals surface area contributed by atoms with Gasteiger partial charge in [0.2, 0.25) is 0 Å². The molecule has 8 heteroatoms. The Morgan fingerprint density at radius 3 is 2.47 bits per heavy atom. The summed E-state index contributed by atoms with van der Waals surface area (Å²) in [5.41, 5.74) is 1.39. The van der Waals surface area contributed by atoms with Crippen LogP contribution in [-0.4, -0.2) is 22.5 Å². The zero-order chi connectivity index (χ0) is 21.9. The molecule has 2 aromatic carbocycles. The molecule has 0 bridgehead atoms. The Morgan fingerprint density at radius 2 is 1.80 bits per heavy atom. The van der Waals surface area contributed by atoms with Crippen LogP contribution in [0.2, 0.25) is 0 Å². The number of hydrogen-bond donors (Lipinski definition) is 2. The molecule has 0 aliphatic rings. The summed E-state index contributed by atoms with van der Waals surface area (Å²) in [4.78, 5) is 22.9. The van der Waals surface area contributed by atoms with Gasteiger partial charge in [-0.25, -0.2) is 0 Å². The second kappa shape index (κ2) is 11.9. The summed E-state index contributed by atoms with van der Waals surface area (Å²) in [5.74, 6) is 0.343. The van der Waals surface area contributed by atoms with Crippen molar-refractivity contribution in [2.24, 2.45) is 0 Å². The van der Waals surface area contributed by atoms with E-state index in [-0.39, 0.29) is 16.7 Å². The van der Waals surface area contributed by atoms with E-state index >= 15 is 0 Å². The van der Waals surface area contributed by atoms with E-state index in [1.807, 2.05) is 0 Å². The number of ether oxygens (including phenoxy) is 1. The molecule has 0 unspecified atom stereocenters. The Labute approximate surface area is 182 Å². The predicted molar refractivity (Wildman–Crippen MR) is 122 cm³/mol. The maximum absolute atomic E-state index is 12.4. The first-order valence-corrected chi connectivity index (χ1v) is 10.4. The van der Waals surface area contributed by atoms with Crippen LogP contribution in [0.15, 0.2) is 42.5 Å². The maximum atomic E-state index is 12.4. The number of thiocarbonyl (C=S) groups is 1. The van der Waals surface area contributed by atoms with Crippen molar-refractivity contribution in [3.05, 3.63) is 63.7 Å². The highest BCUT2D eigenvalue weighted by molar-refractivity contribution is 7.80. The number of hydrogen-bond acceptors (Lipinski definition) is 5. The highest BCUT2D eigenvalue weighted by Gasteiger charge is 2.13. The van der Waals surface area contributed by atoms with Gasteiger partial charge in [-0.3, -0.25) is 20.2 Å². The molecule has 0 saturated carbocycles. The number of carbonyl (C=O) groups excluding carboxylic acids is 1. The van der Waals surface area contributed by atoms with Gasteiger partial charge >= 0.3 is 0 Å². The van der Waals surface area contributed by atoms with E-state index in [4.69, 9.17) is 17.0 Å². The van der Waals surface area contributed by atoms with Gasteiger partial charge in [0.25, 0.3) is 11.6 Å².